The SMILES string of the molecule is C[C@@H](Nc1nc(-c2ccc(CC(N)C(=O)O)cc2)ncc1F)c1ccc2ccccc2c1. The van der Waals surface area contributed by atoms with Crippen LogP contribution in [-0.2, 0) is 11.2 Å². The number of rotatable bonds is 7. The second-order valence-electron chi connectivity index (χ2n) is 7.71. The third kappa shape index (κ3) is 4.73. The number of hydrogen-bond acceptors (Lipinski definition) is 5. The molecule has 3 aromatic carbocycles. The lowest BCUT2D eigenvalue weighted by atomic mass is 10.0. The van der Waals surface area contributed by atoms with Crippen LogP contribution in [0, 0.1) is 5.82 Å². The molecule has 0 aliphatic carbocycles. The maximum Gasteiger partial charge on any atom is 0.320 e. The summed E-state index contributed by atoms with van der Waals surface area (Å²) in [5.41, 5.74) is 8.08. The molecule has 7 heteroatoms. The van der Waals surface area contributed by atoms with Gasteiger partial charge in [0.25, 0.3) is 0 Å². The van der Waals surface area contributed by atoms with Gasteiger partial charge in [0, 0.05) is 5.56 Å². The van der Waals surface area contributed by atoms with Crippen molar-refractivity contribution in [1.29, 1.82) is 0 Å². The molecule has 1 heterocycles. The Morgan fingerprint density at radius 1 is 1.09 bits per heavy atom. The summed E-state index contributed by atoms with van der Waals surface area (Å²) in [6.07, 6.45) is 1.36. The van der Waals surface area contributed by atoms with E-state index in [0.717, 1.165) is 28.1 Å². The van der Waals surface area contributed by atoms with Crippen LogP contribution >= 0.6 is 0 Å². The molecule has 4 aromatic rings. The molecular weight excluding hydrogens is 407 g/mol. The van der Waals surface area contributed by atoms with Crippen molar-refractivity contribution in [2.75, 3.05) is 5.32 Å². The van der Waals surface area contributed by atoms with E-state index in [4.69, 9.17) is 10.8 Å². The number of nitrogens with one attached hydrogen (secondary N) is 1. The number of carboxylic acid groups (broad SMARTS) is 1. The van der Waals surface area contributed by atoms with Crippen molar-refractivity contribution >= 4 is 22.6 Å². The van der Waals surface area contributed by atoms with Crippen LogP contribution in [0.4, 0.5) is 10.2 Å². The molecule has 2 atom stereocenters. The summed E-state index contributed by atoms with van der Waals surface area (Å²) >= 11 is 0. The van der Waals surface area contributed by atoms with E-state index in [9.17, 15) is 9.18 Å². The fourth-order valence-corrected chi connectivity index (χ4v) is 3.50. The minimum atomic E-state index is -1.05. The van der Waals surface area contributed by atoms with Crippen LogP contribution in [0.25, 0.3) is 22.2 Å². The van der Waals surface area contributed by atoms with E-state index in [2.05, 4.69) is 21.4 Å². The second-order valence-corrected chi connectivity index (χ2v) is 7.71. The quantitative estimate of drug-likeness (QED) is 0.397. The van der Waals surface area contributed by atoms with E-state index >= 15 is 0 Å². The van der Waals surface area contributed by atoms with Gasteiger partial charge in [0.2, 0.25) is 0 Å². The van der Waals surface area contributed by atoms with Gasteiger partial charge in [-0.3, -0.25) is 4.79 Å². The van der Waals surface area contributed by atoms with Crippen molar-refractivity contribution in [1.82, 2.24) is 9.97 Å². The van der Waals surface area contributed by atoms with E-state index in [0.29, 0.717) is 11.4 Å². The zero-order valence-electron chi connectivity index (χ0n) is 17.5. The lowest BCUT2D eigenvalue weighted by molar-refractivity contribution is -0.138. The summed E-state index contributed by atoms with van der Waals surface area (Å²) in [5, 5.41) is 14.4. The number of aliphatic carboxylic acids is 1. The molecule has 1 aromatic heterocycles. The van der Waals surface area contributed by atoms with E-state index in [1.54, 1.807) is 24.3 Å². The van der Waals surface area contributed by atoms with Gasteiger partial charge in [0.15, 0.2) is 17.5 Å². The number of carbonyl (C=O) groups is 1. The van der Waals surface area contributed by atoms with E-state index in [1.165, 1.54) is 0 Å². The van der Waals surface area contributed by atoms with Crippen LogP contribution < -0.4 is 11.1 Å². The second kappa shape index (κ2) is 9.11. The van der Waals surface area contributed by atoms with Crippen molar-refractivity contribution in [2.45, 2.75) is 25.4 Å². The normalized spacial score (nSPS) is 13.0. The Morgan fingerprint density at radius 2 is 1.81 bits per heavy atom. The molecule has 32 heavy (non-hydrogen) atoms. The maximum atomic E-state index is 14.4. The first kappa shape index (κ1) is 21.4. The lowest BCUT2D eigenvalue weighted by Gasteiger charge is -2.16. The number of hydrogen-bond donors (Lipinski definition) is 3. The molecule has 0 fully saturated rings. The molecule has 4 rings (SSSR count). The molecule has 4 N–H and O–H groups in total. The van der Waals surface area contributed by atoms with Gasteiger partial charge < -0.3 is 16.2 Å². The number of benzene rings is 3. The Morgan fingerprint density at radius 3 is 2.53 bits per heavy atom. The Kier molecular flexibility index (Phi) is 6.09. The van der Waals surface area contributed by atoms with Gasteiger partial charge in [-0.25, -0.2) is 14.4 Å². The number of aromatic nitrogens is 2. The minimum Gasteiger partial charge on any atom is -0.480 e. The fourth-order valence-electron chi connectivity index (χ4n) is 3.50. The zero-order chi connectivity index (χ0) is 22.7. The lowest BCUT2D eigenvalue weighted by Crippen LogP contribution is -2.32. The zero-order valence-corrected chi connectivity index (χ0v) is 17.5. The van der Waals surface area contributed by atoms with Gasteiger partial charge in [0.1, 0.15) is 6.04 Å². The van der Waals surface area contributed by atoms with E-state index < -0.39 is 17.8 Å². The third-order valence-corrected chi connectivity index (χ3v) is 5.36. The Bertz CT molecular complexity index is 1260. The molecule has 0 amide bonds. The molecule has 0 aliphatic heterocycles. The van der Waals surface area contributed by atoms with E-state index in [-0.39, 0.29) is 18.3 Å². The molecule has 0 saturated heterocycles. The van der Waals surface area contributed by atoms with Gasteiger partial charge in [0.05, 0.1) is 12.2 Å². The summed E-state index contributed by atoms with van der Waals surface area (Å²) in [5.74, 6) is -1.10. The topological polar surface area (TPSA) is 101 Å². The summed E-state index contributed by atoms with van der Waals surface area (Å²) in [4.78, 5) is 19.4. The highest BCUT2D eigenvalue weighted by Gasteiger charge is 2.15. The van der Waals surface area contributed by atoms with Crippen molar-refractivity contribution in [3.63, 3.8) is 0 Å². The van der Waals surface area contributed by atoms with Crippen LogP contribution in [0.2, 0.25) is 0 Å². The molecule has 1 unspecified atom stereocenters. The molecule has 0 saturated carbocycles. The number of carboxylic acids is 1. The van der Waals surface area contributed by atoms with Crippen molar-refractivity contribution in [3.8, 4) is 11.4 Å². The molecular formula is C25H23FN4O2. The van der Waals surface area contributed by atoms with Crippen LogP contribution in [-0.4, -0.2) is 27.1 Å². The number of halogens is 1. The highest BCUT2D eigenvalue weighted by molar-refractivity contribution is 5.83. The summed E-state index contributed by atoms with van der Waals surface area (Å²) in [7, 11) is 0. The predicted molar refractivity (Wildman–Crippen MR) is 123 cm³/mol. The Balaban J connectivity index is 1.53. The standard InChI is InChI=1S/C25H23FN4O2/c1-15(19-11-10-17-4-2-3-5-20(17)13-19)29-24-21(26)14-28-23(30-24)18-8-6-16(7-9-18)12-22(27)25(31)32/h2-11,13-15,22H,12,27H2,1H3,(H,31,32)(H,28,29,30)/t15-,22?/m1/s1. The predicted octanol–water partition coefficient (Wildman–Crippen LogP) is 4.56. The number of nitrogens with two attached hydrogens (primary N) is 1. The average Bonchev–Trinajstić information content (AvgIpc) is 2.80. The average molecular weight is 430 g/mol. The Labute approximate surface area is 185 Å². The summed E-state index contributed by atoms with van der Waals surface area (Å²) < 4.78 is 14.4. The molecule has 0 radical (unpaired) electrons. The summed E-state index contributed by atoms with van der Waals surface area (Å²) in [6.45, 7) is 1.95. The molecule has 0 bridgehead atoms. The van der Waals surface area contributed by atoms with Crippen molar-refractivity contribution in [3.05, 3.63) is 89.9 Å². The minimum absolute atomic E-state index is 0.118. The summed E-state index contributed by atoms with van der Waals surface area (Å²) in [6, 6.07) is 20.2. The first-order valence-electron chi connectivity index (χ1n) is 10.3. The van der Waals surface area contributed by atoms with Gasteiger partial charge in [-0.15, -0.1) is 0 Å². The number of anilines is 1. The van der Waals surface area contributed by atoms with E-state index in [1.807, 2.05) is 43.3 Å². The highest BCUT2D eigenvalue weighted by Crippen LogP contribution is 2.25. The largest absolute Gasteiger partial charge is 0.480 e. The van der Waals surface area contributed by atoms with Gasteiger partial charge in [-0.2, -0.15) is 0 Å². The molecule has 162 valence electrons. The molecule has 0 aliphatic rings. The molecule has 6 nitrogen and oxygen atoms in total. The fraction of sp³-hybridized carbons (Fsp3) is 0.160. The first-order chi connectivity index (χ1) is 15.4. The highest BCUT2D eigenvalue weighted by atomic mass is 19.1. The first-order valence-corrected chi connectivity index (χ1v) is 10.3. The maximum absolute atomic E-state index is 14.4. The smallest absolute Gasteiger partial charge is 0.320 e. The Hall–Kier alpha value is -3.84. The van der Waals surface area contributed by atoms with Crippen LogP contribution in [0.15, 0.2) is 72.9 Å². The third-order valence-electron chi connectivity index (χ3n) is 5.36. The number of fused-ring (bicyclic) bond motifs is 1. The van der Waals surface area contributed by atoms with Crippen LogP contribution in [0.1, 0.15) is 24.1 Å². The van der Waals surface area contributed by atoms with Crippen molar-refractivity contribution < 1.29 is 14.3 Å². The molecule has 0 spiro atoms. The van der Waals surface area contributed by atoms with Crippen molar-refractivity contribution in [2.24, 2.45) is 5.73 Å². The van der Waals surface area contributed by atoms with Crippen LogP contribution in [0.5, 0.6) is 0 Å². The van der Waals surface area contributed by atoms with Gasteiger partial charge in [-0.05, 0) is 41.3 Å². The van der Waals surface area contributed by atoms with Crippen LogP contribution in [0.3, 0.4) is 0 Å². The van der Waals surface area contributed by atoms with Gasteiger partial charge >= 0.3 is 5.97 Å². The number of nitrogens with zero attached hydrogens (tertiary/aromatic N) is 2. The van der Waals surface area contributed by atoms with Gasteiger partial charge in [-0.1, -0.05) is 60.7 Å². The monoisotopic (exact) mass is 430 g/mol.